The van der Waals surface area contributed by atoms with Crippen molar-refractivity contribution in [3.05, 3.63) is 0 Å². The van der Waals surface area contributed by atoms with Gasteiger partial charge < -0.3 is 116 Å². The van der Waals surface area contributed by atoms with Crippen LogP contribution in [-0.2, 0) is 86.2 Å². The molecule has 105 heavy (non-hydrogen) atoms. The molecule has 0 radical (unpaired) electrons. The fourth-order valence-corrected chi connectivity index (χ4v) is 10.6. The van der Waals surface area contributed by atoms with Crippen molar-refractivity contribution in [2.75, 3.05) is 25.2 Å². The molecule has 0 aliphatic carbocycles. The lowest BCUT2D eigenvalue weighted by atomic mass is 9.96. The molecule has 0 unspecified atom stereocenters. The third kappa shape index (κ3) is 37.1. The highest BCUT2D eigenvalue weighted by atomic mass is 32.2. The van der Waals surface area contributed by atoms with Crippen LogP contribution in [0.15, 0.2) is 0 Å². The molecule has 0 heterocycles. The maximum absolute atomic E-state index is 14.4. The molecule has 0 aromatic rings. The average Bonchev–Trinajstić information content (AvgIpc) is 0.848. The first kappa shape index (κ1) is 96.1. The molecule has 0 spiro atoms. The Labute approximate surface area is 613 Å². The molecule has 0 bridgehead atoms. The van der Waals surface area contributed by atoms with Gasteiger partial charge in [-0.2, -0.15) is 11.8 Å². The summed E-state index contributed by atoms with van der Waals surface area (Å²) in [6.07, 6.45) is -6.72. The van der Waals surface area contributed by atoms with Gasteiger partial charge in [-0.15, -0.1) is 0 Å². The standard InChI is InChI=1S/C65H112N14O25S/c1-13-32(9)52(78-58(96)39(17-20-47(86)87)71-60(98)43(28-80)76-64(102)53(33(10)14-2)79-57(95)38(16-19-46(84)85)70-56(94)37(15-18-45(82)83)72-61(99)50(67)34(11)81)63(101)75-42(26-49(90)91)65(103)104-44(35(66)23-29(3)4)27-69-36(21-22-105-12)55(93)77-51(31(7)8)62(100)74-41(24-30(5)6)59(97)73-40(54(68)92)25-48(88)89/h29-44,50-53,69,80-81H,13-28,66-67H2,1-12H3,(H2,68,92)(H,70,94)(H,71,98)(H,72,99)(H,73,97)(H,74,100)(H,75,101)(H,76,102)(H,77,93)(H,78,96)(H,79,95)(H,82,83)(H,84,85)(H,86,87)(H,88,89)(H,90,91)/t32-,33-,34+,35-,36-,37-,38-,39-,40-,41-,42-,43-,44-,50-,51-,52-,53-/m0/s1. The van der Waals surface area contributed by atoms with Crippen molar-refractivity contribution in [3.63, 3.8) is 0 Å². The monoisotopic (exact) mass is 1520 g/mol. The Morgan fingerprint density at radius 1 is 0.419 bits per heavy atom. The molecule has 17 atom stereocenters. The number of primary amides is 1. The van der Waals surface area contributed by atoms with Crippen LogP contribution in [0.3, 0.4) is 0 Å². The Hall–Kier alpha value is -8.86. The van der Waals surface area contributed by atoms with Gasteiger partial charge in [0.1, 0.15) is 72.6 Å². The lowest BCUT2D eigenvalue weighted by molar-refractivity contribution is -0.157. The minimum atomic E-state index is -2.02. The van der Waals surface area contributed by atoms with E-state index in [9.17, 15) is 117 Å². The van der Waals surface area contributed by atoms with Crippen LogP contribution in [0, 0.1) is 29.6 Å². The van der Waals surface area contributed by atoms with E-state index in [0.717, 1.165) is 6.92 Å². The predicted molar refractivity (Wildman–Crippen MR) is 376 cm³/mol. The first-order valence-electron chi connectivity index (χ1n) is 34.5. The summed E-state index contributed by atoms with van der Waals surface area (Å²) in [7, 11) is 0. The summed E-state index contributed by atoms with van der Waals surface area (Å²) >= 11 is 1.35. The molecule has 598 valence electrons. The van der Waals surface area contributed by atoms with E-state index in [0.29, 0.717) is 5.75 Å². The van der Waals surface area contributed by atoms with Crippen molar-refractivity contribution in [1.29, 1.82) is 0 Å². The number of carboxylic acids is 5. The summed E-state index contributed by atoms with van der Waals surface area (Å²) in [5.74, 6) is -23.1. The van der Waals surface area contributed by atoms with Crippen molar-refractivity contribution >= 4 is 113 Å². The Bertz CT molecular complexity index is 2960. The number of rotatable bonds is 54. The SMILES string of the molecule is CC[C@H](C)[C@H](NC(=O)[C@H](CCC(=O)O)NC(=O)[C@H](CCC(=O)O)NC(=O)[C@@H](N)[C@@H](C)O)C(=O)N[C@@H](CO)C(=O)N[C@@H](CCC(=O)O)C(=O)N[C@H](C(=O)N[C@@H](CC(=O)O)C(=O)O[C@@H](CN[C@@H](CCSC)C(=O)N[C@H](C(=O)N[C@@H](CC(C)C)C(=O)N[C@@H](CC(=O)O)C(N)=O)C(C)C)[C@@H](N)CC(C)C)[C@@H](C)CC. The summed E-state index contributed by atoms with van der Waals surface area (Å²) in [4.78, 5) is 224. The summed E-state index contributed by atoms with van der Waals surface area (Å²) < 4.78 is 5.88. The minimum absolute atomic E-state index is 0.0162. The van der Waals surface area contributed by atoms with Crippen molar-refractivity contribution in [2.45, 2.75) is 250 Å². The van der Waals surface area contributed by atoms with E-state index in [1.165, 1.54) is 25.6 Å². The van der Waals surface area contributed by atoms with E-state index in [-0.39, 0.29) is 50.5 Å². The van der Waals surface area contributed by atoms with Crippen LogP contribution in [0.25, 0.3) is 0 Å². The van der Waals surface area contributed by atoms with E-state index in [4.69, 9.17) is 21.9 Å². The number of aliphatic hydroxyl groups excluding tert-OH is 2. The van der Waals surface area contributed by atoms with Crippen molar-refractivity contribution in [2.24, 2.45) is 46.8 Å². The highest BCUT2D eigenvalue weighted by Gasteiger charge is 2.40. The molecule has 0 saturated heterocycles. The number of esters is 1. The Morgan fingerprint density at radius 3 is 1.15 bits per heavy atom. The maximum Gasteiger partial charge on any atom is 0.329 e. The van der Waals surface area contributed by atoms with Crippen LogP contribution < -0.4 is 75.7 Å². The van der Waals surface area contributed by atoms with Gasteiger partial charge in [0, 0.05) is 31.8 Å². The van der Waals surface area contributed by atoms with E-state index in [2.05, 4.69) is 58.5 Å². The number of aliphatic hydroxyl groups is 2. The zero-order valence-electron chi connectivity index (χ0n) is 61.5. The number of hydrogen-bond acceptors (Lipinski definition) is 24. The van der Waals surface area contributed by atoms with Crippen LogP contribution >= 0.6 is 11.8 Å². The maximum atomic E-state index is 14.4. The summed E-state index contributed by atoms with van der Waals surface area (Å²) in [5, 5.41) is 94.7. The number of hydrogen-bond donors (Lipinski definition) is 21. The van der Waals surface area contributed by atoms with Crippen molar-refractivity contribution in [1.82, 2.24) is 58.5 Å². The van der Waals surface area contributed by atoms with Crippen LogP contribution in [0.1, 0.15) is 160 Å². The molecular weight excluding hydrogens is 1410 g/mol. The summed E-state index contributed by atoms with van der Waals surface area (Å²) in [6, 6.07) is -20.8. The largest absolute Gasteiger partial charge is 0.481 e. The number of ether oxygens (including phenoxy) is 1. The van der Waals surface area contributed by atoms with Crippen LogP contribution in [0.5, 0.6) is 0 Å². The van der Waals surface area contributed by atoms with Gasteiger partial charge in [0.2, 0.25) is 65.0 Å². The molecule has 40 heteroatoms. The number of carbonyl (C=O) groups is 17. The summed E-state index contributed by atoms with van der Waals surface area (Å²) in [5.41, 5.74) is 17.6. The van der Waals surface area contributed by atoms with Gasteiger partial charge in [0.15, 0.2) is 0 Å². The van der Waals surface area contributed by atoms with Gasteiger partial charge in [0.25, 0.3) is 0 Å². The molecule has 0 aromatic heterocycles. The molecule has 0 aliphatic heterocycles. The zero-order valence-corrected chi connectivity index (χ0v) is 62.3. The van der Waals surface area contributed by atoms with Crippen molar-refractivity contribution < 1.29 is 122 Å². The third-order valence-corrected chi connectivity index (χ3v) is 17.3. The molecule has 0 aliphatic rings. The number of amides is 11. The first-order valence-corrected chi connectivity index (χ1v) is 35.9. The molecule has 0 fully saturated rings. The van der Waals surface area contributed by atoms with Gasteiger partial charge in [-0.25, -0.2) is 4.79 Å². The number of nitrogens with one attached hydrogen (secondary N) is 11. The highest BCUT2D eigenvalue weighted by molar-refractivity contribution is 7.98. The lowest BCUT2D eigenvalue weighted by Gasteiger charge is -2.31. The summed E-state index contributed by atoms with van der Waals surface area (Å²) in [6.45, 7) is 15.9. The van der Waals surface area contributed by atoms with Crippen LogP contribution in [0.2, 0.25) is 0 Å². The molecule has 24 N–H and O–H groups in total. The number of thioether (sulfide) groups is 1. The Balaban J connectivity index is 7.10. The topological polar surface area (TPSA) is 651 Å². The lowest BCUT2D eigenvalue weighted by Crippen LogP contribution is -2.62. The Morgan fingerprint density at radius 2 is 0.771 bits per heavy atom. The number of nitrogens with two attached hydrogens (primary N) is 3. The molecule has 0 aromatic carbocycles. The van der Waals surface area contributed by atoms with E-state index in [1.807, 2.05) is 0 Å². The second-order valence-electron chi connectivity index (χ2n) is 26.9. The van der Waals surface area contributed by atoms with Crippen LogP contribution in [0.4, 0.5) is 0 Å². The molecular formula is C65H112N14O25S. The van der Waals surface area contributed by atoms with Crippen LogP contribution in [-0.4, -0.2) is 252 Å². The second kappa shape index (κ2) is 49.0. The average molecular weight is 1520 g/mol. The van der Waals surface area contributed by atoms with E-state index in [1.54, 1.807) is 61.6 Å². The zero-order chi connectivity index (χ0) is 80.9. The minimum Gasteiger partial charge on any atom is -0.481 e. The Kier molecular flexibility index (Phi) is 44.9. The fourth-order valence-electron chi connectivity index (χ4n) is 10.1. The van der Waals surface area contributed by atoms with Gasteiger partial charge in [-0.1, -0.05) is 82.1 Å². The predicted octanol–water partition coefficient (Wildman–Crippen LogP) is -4.65. The first-order chi connectivity index (χ1) is 48.8. The molecule has 11 amide bonds. The third-order valence-electron chi connectivity index (χ3n) is 16.7. The number of carboxylic acid groups (broad SMARTS) is 5. The normalized spacial score (nSPS) is 16.2. The smallest absolute Gasteiger partial charge is 0.329 e. The highest BCUT2D eigenvalue weighted by Crippen LogP contribution is 2.17. The van der Waals surface area contributed by atoms with Gasteiger partial charge in [-0.3, -0.25) is 76.7 Å². The molecule has 39 nitrogen and oxygen atoms in total. The van der Waals surface area contributed by atoms with Gasteiger partial charge in [0.05, 0.1) is 31.6 Å². The van der Waals surface area contributed by atoms with E-state index < -0.39 is 267 Å². The molecule has 0 saturated carbocycles. The quantitative estimate of drug-likeness (QED) is 0.0255. The van der Waals surface area contributed by atoms with Gasteiger partial charge in [-0.05, 0) is 87.0 Å². The van der Waals surface area contributed by atoms with E-state index >= 15 is 0 Å². The number of carbonyl (C=O) groups excluding carboxylic acids is 12. The number of aliphatic carboxylic acids is 5. The van der Waals surface area contributed by atoms with Crippen molar-refractivity contribution in [3.8, 4) is 0 Å². The molecule has 0 rings (SSSR count). The second-order valence-corrected chi connectivity index (χ2v) is 27.9. The van der Waals surface area contributed by atoms with Gasteiger partial charge >= 0.3 is 35.8 Å². The fraction of sp³-hybridized carbons (Fsp3) is 0.738.